The largest absolute Gasteiger partial charge is 0.481 e. The fourth-order valence-electron chi connectivity index (χ4n) is 3.36. The number of hydrogen-bond donors (Lipinski definition) is 4. The maximum absolute atomic E-state index is 11.9. The van der Waals surface area contributed by atoms with E-state index in [-0.39, 0.29) is 24.9 Å². The molecule has 0 bridgehead atoms. The lowest BCUT2D eigenvalue weighted by molar-refractivity contribution is -0.137. The molecule has 0 unspecified atom stereocenters. The van der Waals surface area contributed by atoms with Gasteiger partial charge in [-0.1, -0.05) is 0 Å². The van der Waals surface area contributed by atoms with Gasteiger partial charge in [0, 0.05) is 84.8 Å². The van der Waals surface area contributed by atoms with E-state index >= 15 is 0 Å². The summed E-state index contributed by atoms with van der Waals surface area (Å²) in [7, 11) is 0. The lowest BCUT2D eigenvalue weighted by Gasteiger charge is -2.34. The summed E-state index contributed by atoms with van der Waals surface area (Å²) in [5.74, 6) is -0.887. The summed E-state index contributed by atoms with van der Waals surface area (Å²) in [4.78, 5) is 41.0. The zero-order valence-corrected chi connectivity index (χ0v) is 16.6. The zero-order chi connectivity index (χ0) is 20.2. The van der Waals surface area contributed by atoms with Crippen LogP contribution in [-0.2, 0) is 14.4 Å². The van der Waals surface area contributed by atoms with Crippen LogP contribution in [0.5, 0.6) is 0 Å². The van der Waals surface area contributed by atoms with Gasteiger partial charge in [0.1, 0.15) is 0 Å². The van der Waals surface area contributed by atoms with E-state index in [1.807, 2.05) is 0 Å². The molecular formula is C18H34N6O4. The third-order valence-corrected chi connectivity index (χ3v) is 5.20. The van der Waals surface area contributed by atoms with Gasteiger partial charge in [0.2, 0.25) is 11.8 Å². The first-order valence-corrected chi connectivity index (χ1v) is 10.2. The van der Waals surface area contributed by atoms with Crippen LogP contribution < -0.4 is 16.0 Å². The van der Waals surface area contributed by atoms with E-state index in [0.717, 1.165) is 58.9 Å². The van der Waals surface area contributed by atoms with Crippen LogP contribution >= 0.6 is 0 Å². The second-order valence-corrected chi connectivity index (χ2v) is 7.30. The highest BCUT2D eigenvalue weighted by molar-refractivity contribution is 5.78. The van der Waals surface area contributed by atoms with Gasteiger partial charge in [0.05, 0.1) is 13.1 Å². The topological polar surface area (TPSA) is 117 Å². The highest BCUT2D eigenvalue weighted by atomic mass is 16.4. The van der Waals surface area contributed by atoms with E-state index in [1.165, 1.54) is 0 Å². The Morgan fingerprint density at radius 1 is 0.714 bits per heavy atom. The number of aliphatic carboxylic acids is 1. The highest BCUT2D eigenvalue weighted by Crippen LogP contribution is 2.03. The molecule has 28 heavy (non-hydrogen) atoms. The van der Waals surface area contributed by atoms with Gasteiger partial charge in [-0.25, -0.2) is 0 Å². The van der Waals surface area contributed by atoms with Gasteiger partial charge in [0.25, 0.3) is 0 Å². The fraction of sp³-hybridized carbons (Fsp3) is 0.833. The second kappa shape index (κ2) is 12.7. The Bertz CT molecular complexity index is 504. The van der Waals surface area contributed by atoms with Crippen molar-refractivity contribution in [3.8, 4) is 0 Å². The second-order valence-electron chi connectivity index (χ2n) is 7.30. The first-order chi connectivity index (χ1) is 13.5. The van der Waals surface area contributed by atoms with Crippen molar-refractivity contribution in [2.24, 2.45) is 0 Å². The summed E-state index contributed by atoms with van der Waals surface area (Å²) in [5, 5.41) is 17.5. The Hall–Kier alpha value is -1.75. The molecule has 2 rings (SSSR count). The Morgan fingerprint density at radius 2 is 1.14 bits per heavy atom. The van der Waals surface area contributed by atoms with E-state index in [1.54, 1.807) is 0 Å². The standard InChI is InChI=1S/C18H34N6O4/c25-16(1-6-22-9-4-19-5-10-22)20-15-21-17(26)2-7-23-11-13-24(14-12-23)8-3-18(27)28/h19H,1-15H2,(H,20,25)(H,21,26)(H,27,28). The molecule has 0 aromatic heterocycles. The van der Waals surface area contributed by atoms with E-state index in [2.05, 4.69) is 30.7 Å². The van der Waals surface area contributed by atoms with Crippen LogP contribution in [0.4, 0.5) is 0 Å². The Balaban J connectivity index is 1.46. The van der Waals surface area contributed by atoms with E-state index in [4.69, 9.17) is 5.11 Å². The molecule has 2 amide bonds. The van der Waals surface area contributed by atoms with E-state index < -0.39 is 5.97 Å². The molecule has 2 heterocycles. The van der Waals surface area contributed by atoms with Crippen LogP contribution in [0.25, 0.3) is 0 Å². The number of carboxylic acids is 1. The van der Waals surface area contributed by atoms with Gasteiger partial charge < -0.3 is 35.8 Å². The molecule has 2 saturated heterocycles. The molecule has 0 atom stereocenters. The minimum atomic E-state index is -0.769. The molecule has 10 heteroatoms. The molecule has 2 aliphatic rings. The SMILES string of the molecule is O=C(O)CCN1CCN(CCC(=O)NCNC(=O)CCN2CCNCC2)CC1. The van der Waals surface area contributed by atoms with Crippen molar-refractivity contribution < 1.29 is 19.5 Å². The molecule has 10 nitrogen and oxygen atoms in total. The van der Waals surface area contributed by atoms with Crippen molar-refractivity contribution >= 4 is 17.8 Å². The molecular weight excluding hydrogens is 364 g/mol. The highest BCUT2D eigenvalue weighted by Gasteiger charge is 2.18. The van der Waals surface area contributed by atoms with E-state index in [9.17, 15) is 14.4 Å². The first kappa shape index (κ1) is 22.5. The number of piperazine rings is 2. The zero-order valence-electron chi connectivity index (χ0n) is 16.6. The van der Waals surface area contributed by atoms with Crippen LogP contribution in [0.1, 0.15) is 19.3 Å². The number of amides is 2. The van der Waals surface area contributed by atoms with Gasteiger partial charge in [-0.15, -0.1) is 0 Å². The van der Waals surface area contributed by atoms with Gasteiger partial charge in [-0.2, -0.15) is 0 Å². The summed E-state index contributed by atoms with van der Waals surface area (Å²) in [6.07, 6.45) is 1.01. The van der Waals surface area contributed by atoms with Crippen molar-refractivity contribution in [3.63, 3.8) is 0 Å². The number of nitrogens with one attached hydrogen (secondary N) is 3. The number of carbonyl (C=O) groups excluding carboxylic acids is 2. The first-order valence-electron chi connectivity index (χ1n) is 10.2. The molecule has 2 aliphatic heterocycles. The van der Waals surface area contributed by atoms with Crippen LogP contribution in [-0.4, -0.2) is 116 Å². The van der Waals surface area contributed by atoms with Crippen molar-refractivity contribution in [2.45, 2.75) is 19.3 Å². The van der Waals surface area contributed by atoms with Crippen LogP contribution in [0.15, 0.2) is 0 Å². The maximum atomic E-state index is 11.9. The van der Waals surface area contributed by atoms with Crippen LogP contribution in [0, 0.1) is 0 Å². The van der Waals surface area contributed by atoms with Crippen molar-refractivity contribution in [3.05, 3.63) is 0 Å². The predicted molar refractivity (Wildman–Crippen MR) is 105 cm³/mol. The molecule has 0 aliphatic carbocycles. The fourth-order valence-corrected chi connectivity index (χ4v) is 3.36. The van der Waals surface area contributed by atoms with Crippen LogP contribution in [0.2, 0.25) is 0 Å². The third kappa shape index (κ3) is 9.45. The normalized spacial score (nSPS) is 19.3. The number of carboxylic acid groups (broad SMARTS) is 1. The number of rotatable bonds is 11. The average molecular weight is 399 g/mol. The van der Waals surface area contributed by atoms with Crippen molar-refractivity contribution in [1.29, 1.82) is 0 Å². The summed E-state index contributed by atoms with van der Waals surface area (Å²) >= 11 is 0. The predicted octanol–water partition coefficient (Wildman–Crippen LogP) is -2.05. The van der Waals surface area contributed by atoms with Gasteiger partial charge >= 0.3 is 5.97 Å². The minimum absolute atomic E-state index is 0.0451. The van der Waals surface area contributed by atoms with Crippen molar-refractivity contribution in [1.82, 2.24) is 30.7 Å². The Morgan fingerprint density at radius 3 is 1.61 bits per heavy atom. The summed E-state index contributed by atoms with van der Waals surface area (Å²) < 4.78 is 0. The number of carbonyl (C=O) groups is 3. The molecule has 0 aromatic rings. The quantitative estimate of drug-likeness (QED) is 0.294. The molecule has 0 saturated carbocycles. The number of hydrogen-bond acceptors (Lipinski definition) is 7. The smallest absolute Gasteiger partial charge is 0.304 e. The lowest BCUT2D eigenvalue weighted by Crippen LogP contribution is -2.48. The Kier molecular flexibility index (Phi) is 10.2. The molecule has 0 spiro atoms. The summed E-state index contributed by atoms with van der Waals surface area (Å²) in [6.45, 7) is 9.40. The molecule has 4 N–H and O–H groups in total. The maximum Gasteiger partial charge on any atom is 0.304 e. The molecule has 2 fully saturated rings. The lowest BCUT2D eigenvalue weighted by atomic mass is 10.2. The summed E-state index contributed by atoms with van der Waals surface area (Å²) in [6, 6.07) is 0. The molecule has 0 aromatic carbocycles. The average Bonchev–Trinajstić information content (AvgIpc) is 2.70. The minimum Gasteiger partial charge on any atom is -0.481 e. The number of nitrogens with zero attached hydrogens (tertiary/aromatic N) is 3. The van der Waals surface area contributed by atoms with E-state index in [0.29, 0.717) is 25.9 Å². The van der Waals surface area contributed by atoms with Crippen LogP contribution in [0.3, 0.4) is 0 Å². The van der Waals surface area contributed by atoms with Gasteiger partial charge in [-0.3, -0.25) is 14.4 Å². The van der Waals surface area contributed by atoms with Gasteiger partial charge in [0.15, 0.2) is 0 Å². The third-order valence-electron chi connectivity index (χ3n) is 5.20. The Labute approximate surface area is 166 Å². The molecule has 0 radical (unpaired) electrons. The molecule has 160 valence electrons. The van der Waals surface area contributed by atoms with Gasteiger partial charge in [-0.05, 0) is 0 Å². The summed E-state index contributed by atoms with van der Waals surface area (Å²) in [5.41, 5.74) is 0. The van der Waals surface area contributed by atoms with Crippen molar-refractivity contribution in [2.75, 3.05) is 78.7 Å². The monoisotopic (exact) mass is 398 g/mol.